The molecule has 33 heavy (non-hydrogen) atoms. The number of hydrogen-bond donors (Lipinski definition) is 2. The van der Waals surface area contributed by atoms with Crippen molar-refractivity contribution >= 4 is 67.9 Å². The van der Waals surface area contributed by atoms with E-state index in [1.54, 1.807) is 37.4 Å². The predicted octanol–water partition coefficient (Wildman–Crippen LogP) is 5.71. The predicted molar refractivity (Wildman–Crippen MR) is 138 cm³/mol. The number of rotatable bonds is 4. The van der Waals surface area contributed by atoms with Crippen LogP contribution in [0.3, 0.4) is 0 Å². The molecule has 0 bridgehead atoms. The number of thiophene rings is 1. The van der Waals surface area contributed by atoms with Crippen LogP contribution in [-0.4, -0.2) is 42.0 Å². The van der Waals surface area contributed by atoms with Gasteiger partial charge in [0.05, 0.1) is 12.1 Å². The Bertz CT molecular complexity index is 1190. The van der Waals surface area contributed by atoms with Crippen LogP contribution in [0, 0.1) is 0 Å². The summed E-state index contributed by atoms with van der Waals surface area (Å²) in [4.78, 5) is 27.8. The molecule has 0 saturated carbocycles. The van der Waals surface area contributed by atoms with Crippen LogP contribution in [0.15, 0.2) is 42.5 Å². The van der Waals surface area contributed by atoms with Crippen LogP contribution in [0.4, 0.5) is 5.69 Å². The lowest BCUT2D eigenvalue weighted by molar-refractivity contribution is 0.0761. The second-order valence-corrected chi connectivity index (χ2v) is 9.64. The summed E-state index contributed by atoms with van der Waals surface area (Å²) in [5.74, 6) is 0.364. The van der Waals surface area contributed by atoms with Crippen LogP contribution in [0.5, 0.6) is 5.75 Å². The summed E-state index contributed by atoms with van der Waals surface area (Å²) in [7, 11) is 1.59. The summed E-state index contributed by atoms with van der Waals surface area (Å²) in [6.07, 6.45) is 4.46. The maximum atomic E-state index is 12.7. The normalized spacial score (nSPS) is 13.9. The van der Waals surface area contributed by atoms with Crippen molar-refractivity contribution in [3.05, 3.63) is 57.9 Å². The van der Waals surface area contributed by atoms with Gasteiger partial charge in [0.15, 0.2) is 5.11 Å². The smallest absolute Gasteiger partial charge is 0.269 e. The Morgan fingerprint density at radius 3 is 2.42 bits per heavy atom. The Labute approximate surface area is 206 Å². The molecule has 1 aliphatic heterocycles. The lowest BCUT2D eigenvalue weighted by Crippen LogP contribution is -2.34. The largest absolute Gasteiger partial charge is 0.497 e. The average Bonchev–Trinajstić information content (AvgIpc) is 2.98. The number of methoxy groups -OCH3 is 1. The van der Waals surface area contributed by atoms with Gasteiger partial charge in [-0.2, -0.15) is 0 Å². The summed E-state index contributed by atoms with van der Waals surface area (Å²) < 4.78 is 6.09. The van der Waals surface area contributed by atoms with Gasteiger partial charge in [-0.15, -0.1) is 11.3 Å². The number of fused-ring (bicyclic) bond motifs is 1. The highest BCUT2D eigenvalue weighted by Gasteiger charge is 2.19. The fraction of sp³-hybridized carbons (Fsp3) is 0.292. The maximum Gasteiger partial charge on any atom is 0.269 e. The first-order valence-electron chi connectivity index (χ1n) is 10.7. The fourth-order valence-electron chi connectivity index (χ4n) is 3.79. The highest BCUT2D eigenvalue weighted by atomic mass is 35.5. The Morgan fingerprint density at radius 1 is 1.06 bits per heavy atom. The first-order chi connectivity index (χ1) is 16.0. The van der Waals surface area contributed by atoms with E-state index in [0.29, 0.717) is 26.9 Å². The van der Waals surface area contributed by atoms with E-state index < -0.39 is 0 Å². The van der Waals surface area contributed by atoms with Crippen molar-refractivity contribution < 1.29 is 14.3 Å². The van der Waals surface area contributed by atoms with E-state index in [9.17, 15) is 9.59 Å². The van der Waals surface area contributed by atoms with Crippen molar-refractivity contribution in [2.24, 2.45) is 0 Å². The second kappa shape index (κ2) is 10.5. The number of nitrogens with one attached hydrogen (secondary N) is 2. The first kappa shape index (κ1) is 23.5. The molecule has 6 nitrogen and oxygen atoms in total. The number of benzene rings is 2. The number of amides is 2. The molecule has 2 amide bonds. The number of carbonyl (C=O) groups excluding carboxylic acids is 2. The molecular weight excluding hydrogens is 478 g/mol. The van der Waals surface area contributed by atoms with Crippen molar-refractivity contribution in [2.45, 2.75) is 25.7 Å². The molecule has 9 heteroatoms. The Kier molecular flexibility index (Phi) is 7.47. The van der Waals surface area contributed by atoms with Crippen LogP contribution < -0.4 is 15.4 Å². The zero-order valence-electron chi connectivity index (χ0n) is 18.2. The van der Waals surface area contributed by atoms with E-state index in [1.165, 1.54) is 24.2 Å². The number of nitrogens with zero attached hydrogens (tertiary/aromatic N) is 1. The van der Waals surface area contributed by atoms with E-state index in [0.717, 1.165) is 36.0 Å². The molecule has 0 unspecified atom stereocenters. The van der Waals surface area contributed by atoms with Gasteiger partial charge in [0.1, 0.15) is 10.6 Å². The lowest BCUT2D eigenvalue weighted by atomic mass is 10.1. The minimum atomic E-state index is -0.384. The van der Waals surface area contributed by atoms with Gasteiger partial charge >= 0.3 is 0 Å². The molecule has 1 aromatic heterocycles. The van der Waals surface area contributed by atoms with E-state index >= 15 is 0 Å². The molecule has 0 atom stereocenters. The third-order valence-electron chi connectivity index (χ3n) is 5.55. The van der Waals surface area contributed by atoms with Crippen molar-refractivity contribution in [1.82, 2.24) is 10.2 Å². The number of carbonyl (C=O) groups is 2. The van der Waals surface area contributed by atoms with Crippen LogP contribution in [0.2, 0.25) is 5.02 Å². The molecule has 2 N–H and O–H groups in total. The molecule has 0 aliphatic carbocycles. The number of ether oxygens (including phenoxy) is 1. The molecule has 172 valence electrons. The zero-order valence-corrected chi connectivity index (χ0v) is 20.5. The topological polar surface area (TPSA) is 70.7 Å². The van der Waals surface area contributed by atoms with Crippen LogP contribution >= 0.6 is 35.2 Å². The van der Waals surface area contributed by atoms with Crippen molar-refractivity contribution in [2.75, 3.05) is 25.5 Å². The van der Waals surface area contributed by atoms with E-state index in [2.05, 4.69) is 10.6 Å². The number of likely N-dealkylation sites (tertiary alicyclic amines) is 1. The molecule has 0 radical (unpaired) electrons. The second-order valence-electron chi connectivity index (χ2n) is 7.80. The summed E-state index contributed by atoms with van der Waals surface area (Å²) >= 11 is 13.0. The monoisotopic (exact) mass is 501 g/mol. The quantitative estimate of drug-likeness (QED) is 0.448. The van der Waals surface area contributed by atoms with Crippen LogP contribution in [-0.2, 0) is 0 Å². The molecule has 1 aliphatic rings. The molecule has 1 fully saturated rings. The number of anilines is 1. The zero-order chi connectivity index (χ0) is 23.4. The molecule has 2 aromatic carbocycles. The Morgan fingerprint density at radius 2 is 1.76 bits per heavy atom. The number of thiocarbonyl (C=S) groups is 1. The molecule has 3 aromatic rings. The van der Waals surface area contributed by atoms with E-state index in [1.807, 2.05) is 17.0 Å². The van der Waals surface area contributed by atoms with Gasteiger partial charge < -0.3 is 15.0 Å². The fourth-order valence-corrected chi connectivity index (χ4v) is 5.44. The van der Waals surface area contributed by atoms with Crippen LogP contribution in [0.25, 0.3) is 10.1 Å². The Hall–Kier alpha value is -2.68. The van der Waals surface area contributed by atoms with Crippen molar-refractivity contribution in [3.63, 3.8) is 0 Å². The van der Waals surface area contributed by atoms with Gasteiger partial charge in [-0.1, -0.05) is 24.4 Å². The molecule has 4 rings (SSSR count). The van der Waals surface area contributed by atoms with Gasteiger partial charge in [0, 0.05) is 34.4 Å². The lowest BCUT2D eigenvalue weighted by Gasteiger charge is -2.20. The maximum absolute atomic E-state index is 12.7. The summed E-state index contributed by atoms with van der Waals surface area (Å²) in [6.45, 7) is 1.62. The molecule has 1 saturated heterocycles. The summed E-state index contributed by atoms with van der Waals surface area (Å²) in [5.41, 5.74) is 1.32. The minimum absolute atomic E-state index is 0.0513. The van der Waals surface area contributed by atoms with Gasteiger partial charge in [-0.25, -0.2) is 0 Å². The first-order valence-corrected chi connectivity index (χ1v) is 12.3. The SMILES string of the molecule is COc1ccc2c(Cl)c(C(=O)NC(=S)Nc3ccc(C(=O)N4CCCCCC4)cc3)sc2c1. The minimum Gasteiger partial charge on any atom is -0.497 e. The Balaban J connectivity index is 1.38. The summed E-state index contributed by atoms with van der Waals surface area (Å²) in [5, 5.41) is 6.98. The third-order valence-corrected chi connectivity index (χ3v) is 7.41. The van der Waals surface area contributed by atoms with Gasteiger partial charge in [-0.3, -0.25) is 14.9 Å². The van der Waals surface area contributed by atoms with Crippen molar-refractivity contribution in [1.29, 1.82) is 0 Å². The highest BCUT2D eigenvalue weighted by molar-refractivity contribution is 7.80. The molecule has 0 spiro atoms. The van der Waals surface area contributed by atoms with Crippen LogP contribution in [0.1, 0.15) is 45.7 Å². The van der Waals surface area contributed by atoms with E-state index in [-0.39, 0.29) is 16.9 Å². The van der Waals surface area contributed by atoms with Gasteiger partial charge in [0.25, 0.3) is 11.8 Å². The third kappa shape index (κ3) is 5.46. The number of hydrogen-bond acceptors (Lipinski definition) is 5. The van der Waals surface area contributed by atoms with E-state index in [4.69, 9.17) is 28.6 Å². The van der Waals surface area contributed by atoms with Gasteiger partial charge in [0.2, 0.25) is 0 Å². The average molecular weight is 502 g/mol. The highest BCUT2D eigenvalue weighted by Crippen LogP contribution is 2.37. The molecular formula is C24H24ClN3O3S2. The van der Waals surface area contributed by atoms with Gasteiger partial charge in [-0.05, 0) is 67.5 Å². The molecule has 2 heterocycles. The summed E-state index contributed by atoms with van der Waals surface area (Å²) in [6, 6.07) is 12.6. The van der Waals surface area contributed by atoms with Crippen molar-refractivity contribution in [3.8, 4) is 5.75 Å². The standard InChI is InChI=1S/C24H24ClN3O3S2/c1-31-17-10-11-18-19(14-17)33-21(20(18)25)22(29)27-24(32)26-16-8-6-15(7-9-16)23(30)28-12-4-2-3-5-13-28/h6-11,14H,2-5,12-13H2,1H3,(H2,26,27,29,32). The number of halogens is 1.